The Bertz CT molecular complexity index is 434. The van der Waals surface area contributed by atoms with Crippen LogP contribution in [0.4, 0.5) is 10.1 Å². The van der Waals surface area contributed by atoms with Gasteiger partial charge in [0.25, 0.3) is 5.69 Å². The Balaban J connectivity index is 3.46. The number of Topliss-reactive ketones (excluding diaryl/α,β-unsaturated/α-hetero) is 1. The van der Waals surface area contributed by atoms with Crippen LogP contribution in [-0.4, -0.2) is 16.0 Å². The fourth-order valence-corrected chi connectivity index (χ4v) is 1.56. The summed E-state index contributed by atoms with van der Waals surface area (Å²) in [6, 6.07) is 1.91. The molecule has 0 unspecified atom stereocenters. The summed E-state index contributed by atoms with van der Waals surface area (Å²) in [6.07, 6.45) is 0. The number of nitro groups is 1. The predicted molar refractivity (Wildman–Crippen MR) is 55.9 cm³/mol. The summed E-state index contributed by atoms with van der Waals surface area (Å²) in [5, 5.41) is 10.6. The van der Waals surface area contributed by atoms with Crippen LogP contribution in [0.25, 0.3) is 0 Å². The summed E-state index contributed by atoms with van der Waals surface area (Å²) < 4.78 is 13.0. The van der Waals surface area contributed by atoms with E-state index in [9.17, 15) is 19.3 Å². The van der Waals surface area contributed by atoms with Crippen LogP contribution < -0.4 is 0 Å². The van der Waals surface area contributed by atoms with Crippen LogP contribution in [-0.2, 0) is 0 Å². The number of carbonyl (C=O) groups excluding carboxylic acids is 1. The van der Waals surface area contributed by atoms with E-state index < -0.39 is 16.5 Å². The average Bonchev–Trinajstić information content (AvgIpc) is 2.14. The number of alkyl halides is 1. The fourth-order valence-electron chi connectivity index (χ4n) is 1.26. The van der Waals surface area contributed by atoms with E-state index in [0.29, 0.717) is 0 Å². The Labute approximate surface area is 93.4 Å². The second-order valence-electron chi connectivity index (χ2n) is 2.93. The third-order valence-electron chi connectivity index (χ3n) is 1.87. The minimum Gasteiger partial charge on any atom is -0.293 e. The Morgan fingerprint density at radius 2 is 2.20 bits per heavy atom. The van der Waals surface area contributed by atoms with Gasteiger partial charge in [-0.05, 0) is 19.1 Å². The molecule has 0 N–H and O–H groups in total. The molecular weight excluding hydrogens is 269 g/mol. The second-order valence-corrected chi connectivity index (χ2v) is 3.49. The van der Waals surface area contributed by atoms with Crippen LogP contribution in [0.1, 0.15) is 15.9 Å². The van der Waals surface area contributed by atoms with Crippen LogP contribution in [0.3, 0.4) is 0 Å². The van der Waals surface area contributed by atoms with Crippen LogP contribution in [0.15, 0.2) is 12.1 Å². The highest BCUT2D eigenvalue weighted by atomic mass is 79.9. The number of hydrogen-bond acceptors (Lipinski definition) is 3. The maximum Gasteiger partial charge on any atom is 0.283 e. The van der Waals surface area contributed by atoms with Gasteiger partial charge in [0.15, 0.2) is 5.78 Å². The number of benzene rings is 1. The van der Waals surface area contributed by atoms with Crippen molar-refractivity contribution in [1.82, 2.24) is 0 Å². The number of ketones is 1. The molecule has 0 aliphatic carbocycles. The molecule has 0 aliphatic rings. The van der Waals surface area contributed by atoms with Gasteiger partial charge in [0.2, 0.25) is 0 Å². The molecule has 0 aromatic heterocycles. The van der Waals surface area contributed by atoms with Gasteiger partial charge in [-0.1, -0.05) is 15.9 Å². The van der Waals surface area contributed by atoms with Gasteiger partial charge in [-0.3, -0.25) is 14.9 Å². The molecule has 0 spiro atoms. The van der Waals surface area contributed by atoms with Gasteiger partial charge in [-0.2, -0.15) is 0 Å². The zero-order valence-electron chi connectivity index (χ0n) is 7.79. The highest BCUT2D eigenvalue weighted by molar-refractivity contribution is 9.09. The summed E-state index contributed by atoms with van der Waals surface area (Å²) in [5.74, 6) is -1.16. The number of carbonyl (C=O) groups is 1. The van der Waals surface area contributed by atoms with Crippen molar-refractivity contribution in [3.8, 4) is 0 Å². The van der Waals surface area contributed by atoms with Crippen molar-refractivity contribution in [2.24, 2.45) is 0 Å². The third kappa shape index (κ3) is 2.38. The monoisotopic (exact) mass is 275 g/mol. The summed E-state index contributed by atoms with van der Waals surface area (Å²) >= 11 is 2.89. The van der Waals surface area contributed by atoms with Crippen molar-refractivity contribution in [1.29, 1.82) is 0 Å². The number of hydrogen-bond donors (Lipinski definition) is 0. The van der Waals surface area contributed by atoms with Crippen molar-refractivity contribution in [2.45, 2.75) is 6.92 Å². The molecule has 4 nitrogen and oxygen atoms in total. The first kappa shape index (κ1) is 11.8. The van der Waals surface area contributed by atoms with Crippen molar-refractivity contribution in [3.05, 3.63) is 39.2 Å². The number of nitrogens with zero attached hydrogens (tertiary/aromatic N) is 1. The molecule has 0 aliphatic heterocycles. The van der Waals surface area contributed by atoms with Gasteiger partial charge < -0.3 is 0 Å². The highest BCUT2D eigenvalue weighted by Crippen LogP contribution is 2.25. The number of nitro benzene ring substituents is 1. The van der Waals surface area contributed by atoms with Crippen molar-refractivity contribution in [3.63, 3.8) is 0 Å². The molecule has 0 amide bonds. The zero-order chi connectivity index (χ0) is 11.6. The van der Waals surface area contributed by atoms with E-state index in [1.54, 1.807) is 0 Å². The summed E-state index contributed by atoms with van der Waals surface area (Å²) in [5.41, 5.74) is -0.389. The lowest BCUT2D eigenvalue weighted by Crippen LogP contribution is -2.07. The Morgan fingerprint density at radius 3 is 2.67 bits per heavy atom. The Kier molecular flexibility index (Phi) is 3.52. The molecule has 6 heteroatoms. The van der Waals surface area contributed by atoms with Gasteiger partial charge in [0.05, 0.1) is 15.8 Å². The average molecular weight is 276 g/mol. The molecule has 0 bridgehead atoms. The smallest absolute Gasteiger partial charge is 0.283 e. The lowest BCUT2D eigenvalue weighted by Gasteiger charge is -2.03. The lowest BCUT2D eigenvalue weighted by molar-refractivity contribution is -0.385. The van der Waals surface area contributed by atoms with Crippen LogP contribution >= 0.6 is 15.9 Å². The molecule has 1 aromatic rings. The molecule has 1 aromatic carbocycles. The second kappa shape index (κ2) is 4.48. The fraction of sp³-hybridized carbons (Fsp3) is 0.222. The molecule has 0 fully saturated rings. The molecule has 0 atom stereocenters. The number of rotatable bonds is 3. The Morgan fingerprint density at radius 1 is 1.60 bits per heavy atom. The first-order valence-corrected chi connectivity index (χ1v) is 5.13. The van der Waals surface area contributed by atoms with E-state index in [4.69, 9.17) is 0 Å². The molecule has 0 radical (unpaired) electrons. The van der Waals surface area contributed by atoms with E-state index in [2.05, 4.69) is 15.9 Å². The highest BCUT2D eigenvalue weighted by Gasteiger charge is 2.23. The molecular formula is C9H7BrFNO3. The maximum atomic E-state index is 13.0. The minimum absolute atomic E-state index is 0.0727. The van der Waals surface area contributed by atoms with Gasteiger partial charge in [0, 0.05) is 5.56 Å². The summed E-state index contributed by atoms with van der Waals surface area (Å²) in [4.78, 5) is 21.3. The van der Waals surface area contributed by atoms with Crippen molar-refractivity contribution < 1.29 is 14.1 Å². The predicted octanol–water partition coefficient (Wildman–Crippen LogP) is 2.62. The van der Waals surface area contributed by atoms with Crippen LogP contribution in [0, 0.1) is 22.9 Å². The third-order valence-corrected chi connectivity index (χ3v) is 2.38. The molecule has 80 valence electrons. The van der Waals surface area contributed by atoms with Crippen molar-refractivity contribution in [2.75, 3.05) is 5.33 Å². The van der Waals surface area contributed by atoms with E-state index in [1.165, 1.54) is 6.92 Å². The lowest BCUT2D eigenvalue weighted by atomic mass is 10.1. The van der Waals surface area contributed by atoms with Crippen LogP contribution in [0.2, 0.25) is 0 Å². The standard InChI is InChI=1S/C9H7BrFNO3/c1-5-2-6(11)3-7(8(13)4-10)9(5)12(14)15/h2-3H,4H2,1H3. The maximum absolute atomic E-state index is 13.0. The Hall–Kier alpha value is -1.30. The normalized spacial score (nSPS) is 10.1. The molecule has 0 saturated heterocycles. The van der Waals surface area contributed by atoms with Crippen molar-refractivity contribution >= 4 is 27.4 Å². The zero-order valence-corrected chi connectivity index (χ0v) is 9.38. The minimum atomic E-state index is -0.676. The van der Waals surface area contributed by atoms with E-state index in [0.717, 1.165) is 12.1 Å². The van der Waals surface area contributed by atoms with Gasteiger partial charge in [0.1, 0.15) is 5.82 Å². The van der Waals surface area contributed by atoms with Crippen LogP contribution in [0.5, 0.6) is 0 Å². The SMILES string of the molecule is Cc1cc(F)cc(C(=O)CBr)c1[N+](=O)[O-]. The van der Waals surface area contributed by atoms with E-state index >= 15 is 0 Å². The van der Waals surface area contributed by atoms with Gasteiger partial charge >= 0.3 is 0 Å². The quantitative estimate of drug-likeness (QED) is 0.369. The molecule has 1 rings (SSSR count). The van der Waals surface area contributed by atoms with Gasteiger partial charge in [-0.25, -0.2) is 4.39 Å². The van der Waals surface area contributed by atoms with E-state index in [-0.39, 0.29) is 22.1 Å². The summed E-state index contributed by atoms with van der Waals surface area (Å²) in [6.45, 7) is 1.40. The first-order chi connectivity index (χ1) is 6.97. The largest absolute Gasteiger partial charge is 0.293 e. The topological polar surface area (TPSA) is 60.2 Å². The molecule has 0 heterocycles. The first-order valence-electron chi connectivity index (χ1n) is 4.01. The number of aryl methyl sites for hydroxylation is 1. The summed E-state index contributed by atoms with van der Waals surface area (Å²) in [7, 11) is 0. The number of halogens is 2. The molecule has 0 saturated carbocycles. The van der Waals surface area contributed by atoms with Gasteiger partial charge in [-0.15, -0.1) is 0 Å². The molecule has 15 heavy (non-hydrogen) atoms. The van der Waals surface area contributed by atoms with E-state index in [1.807, 2.05) is 0 Å².